The third-order valence-electron chi connectivity index (χ3n) is 4.03. The molecule has 0 N–H and O–H groups in total. The molecule has 1 fully saturated rings. The third kappa shape index (κ3) is 3.53. The number of hydrogen-bond donors (Lipinski definition) is 0. The van der Waals surface area contributed by atoms with Crippen LogP contribution in [0.5, 0.6) is 0 Å². The lowest BCUT2D eigenvalue weighted by molar-refractivity contribution is -0.933. The Morgan fingerprint density at radius 3 is 2.39 bits per heavy atom. The number of likely N-dealkylation sites (N-methyl/N-ethyl adjacent to an activating group) is 1. The summed E-state index contributed by atoms with van der Waals surface area (Å²) < 4.78 is 8.87. The zero-order valence-electron chi connectivity index (χ0n) is 11.9. The van der Waals surface area contributed by atoms with Gasteiger partial charge >= 0.3 is 0 Å². The average molecular weight is 250 g/mol. The predicted molar refractivity (Wildman–Crippen MR) is 72.3 cm³/mol. The van der Waals surface area contributed by atoms with Gasteiger partial charge in [0, 0.05) is 12.1 Å². The summed E-state index contributed by atoms with van der Waals surface area (Å²) in [5, 5.41) is 0. The van der Waals surface area contributed by atoms with Gasteiger partial charge in [-0.3, -0.25) is 0 Å². The number of morpholine rings is 1. The van der Waals surface area contributed by atoms with E-state index in [2.05, 4.69) is 50.0 Å². The molecule has 2 rings (SSSR count). The number of nitrogens with zero attached hydrogens (tertiary/aromatic N) is 2. The molecule has 0 aromatic carbocycles. The molecule has 1 aliphatic rings. The first-order valence-corrected chi connectivity index (χ1v) is 6.99. The van der Waals surface area contributed by atoms with Crippen molar-refractivity contribution in [2.75, 3.05) is 39.9 Å². The molecule has 0 atom stereocenters. The molecule has 0 saturated carbocycles. The highest BCUT2D eigenvalue weighted by Crippen LogP contribution is 2.11. The summed E-state index contributed by atoms with van der Waals surface area (Å²) in [6.45, 7) is 10.9. The zero-order chi connectivity index (χ0) is 13.0. The number of hydrogen-bond acceptors (Lipinski definition) is 1. The molecule has 0 aliphatic carbocycles. The van der Waals surface area contributed by atoms with E-state index in [-0.39, 0.29) is 0 Å². The van der Waals surface area contributed by atoms with Crippen LogP contribution in [0.1, 0.15) is 25.3 Å². The van der Waals surface area contributed by atoms with Gasteiger partial charge < -0.3 is 9.22 Å². The normalized spacial score (nSPS) is 19.1. The van der Waals surface area contributed by atoms with E-state index in [0.29, 0.717) is 5.92 Å². The van der Waals surface area contributed by atoms with Crippen molar-refractivity contribution >= 4 is 0 Å². The minimum atomic E-state index is 0.614. The first-order chi connectivity index (χ1) is 8.59. The highest BCUT2D eigenvalue weighted by molar-refractivity contribution is 5.11. The van der Waals surface area contributed by atoms with Crippen LogP contribution in [0.15, 0.2) is 24.5 Å². The molecule has 0 radical (unpaired) electrons. The lowest BCUT2D eigenvalue weighted by atomic mass is 10.1. The Kier molecular flexibility index (Phi) is 4.36. The first kappa shape index (κ1) is 13.5. The Morgan fingerprint density at radius 1 is 1.22 bits per heavy atom. The van der Waals surface area contributed by atoms with Crippen molar-refractivity contribution in [2.24, 2.45) is 0 Å². The van der Waals surface area contributed by atoms with E-state index in [1.807, 2.05) is 0 Å². The van der Waals surface area contributed by atoms with Crippen molar-refractivity contribution < 1.29 is 13.8 Å². The van der Waals surface area contributed by atoms with E-state index >= 15 is 0 Å². The van der Waals surface area contributed by atoms with Crippen molar-refractivity contribution in [1.82, 2.24) is 0 Å². The molecule has 3 heteroatoms. The molecule has 1 aromatic rings. The lowest BCUT2D eigenvalue weighted by Crippen LogP contribution is -2.55. The average Bonchev–Trinajstić information content (AvgIpc) is 2.38. The number of ether oxygens (including phenoxy) is 1. The van der Waals surface area contributed by atoms with Crippen LogP contribution in [0.3, 0.4) is 0 Å². The third-order valence-corrected chi connectivity index (χ3v) is 4.03. The fourth-order valence-corrected chi connectivity index (χ4v) is 2.37. The van der Waals surface area contributed by atoms with E-state index in [1.165, 1.54) is 12.1 Å². The minimum Gasteiger partial charge on any atom is -0.370 e. The summed E-state index contributed by atoms with van der Waals surface area (Å²) in [6.07, 6.45) is 4.42. The van der Waals surface area contributed by atoms with Gasteiger partial charge in [0.2, 0.25) is 0 Å². The molecule has 1 aromatic heterocycles. The number of aromatic nitrogens is 1. The quantitative estimate of drug-likeness (QED) is 0.584. The monoisotopic (exact) mass is 250 g/mol. The van der Waals surface area contributed by atoms with Crippen LogP contribution in [0, 0.1) is 0 Å². The zero-order valence-corrected chi connectivity index (χ0v) is 11.9. The second kappa shape index (κ2) is 5.81. The van der Waals surface area contributed by atoms with Crippen LogP contribution in [-0.2, 0) is 11.3 Å². The van der Waals surface area contributed by atoms with Crippen LogP contribution >= 0.6 is 0 Å². The van der Waals surface area contributed by atoms with Gasteiger partial charge in [-0.1, -0.05) is 13.8 Å². The Balaban J connectivity index is 1.89. The topological polar surface area (TPSA) is 13.1 Å². The fourth-order valence-electron chi connectivity index (χ4n) is 2.37. The molecule has 100 valence electrons. The standard InChI is InChI=1S/C15H26N2O/c1-14(2)15-4-6-16(7-5-15)8-9-17(3)10-12-18-13-11-17/h4-7,14H,8-13H2,1-3H3/q+2. The smallest absolute Gasteiger partial charge is 0.196 e. The van der Waals surface area contributed by atoms with Crippen LogP contribution in [0.2, 0.25) is 0 Å². The van der Waals surface area contributed by atoms with E-state index in [0.717, 1.165) is 37.3 Å². The van der Waals surface area contributed by atoms with Crippen molar-refractivity contribution in [1.29, 1.82) is 0 Å². The second-order valence-electron chi connectivity index (χ2n) is 5.93. The van der Waals surface area contributed by atoms with Gasteiger partial charge in [-0.15, -0.1) is 0 Å². The molecule has 0 bridgehead atoms. The van der Waals surface area contributed by atoms with Gasteiger partial charge in [0.15, 0.2) is 18.9 Å². The maximum atomic E-state index is 5.44. The highest BCUT2D eigenvalue weighted by atomic mass is 16.5. The molecule has 18 heavy (non-hydrogen) atoms. The first-order valence-electron chi connectivity index (χ1n) is 6.99. The molecule has 1 saturated heterocycles. The Hall–Kier alpha value is -0.930. The van der Waals surface area contributed by atoms with Crippen LogP contribution in [-0.4, -0.2) is 44.4 Å². The molecule has 0 spiro atoms. The van der Waals surface area contributed by atoms with Crippen LogP contribution in [0.25, 0.3) is 0 Å². The summed E-state index contributed by atoms with van der Waals surface area (Å²) in [7, 11) is 2.34. The summed E-state index contributed by atoms with van der Waals surface area (Å²) in [6, 6.07) is 4.48. The van der Waals surface area contributed by atoms with Gasteiger partial charge in [0.25, 0.3) is 0 Å². The molecule has 3 nitrogen and oxygen atoms in total. The van der Waals surface area contributed by atoms with Crippen molar-refractivity contribution in [3.8, 4) is 0 Å². The molecule has 0 amide bonds. The Labute approximate surface area is 111 Å². The van der Waals surface area contributed by atoms with Gasteiger partial charge in [-0.05, 0) is 11.5 Å². The maximum absolute atomic E-state index is 5.44. The molecule has 1 aliphatic heterocycles. The van der Waals surface area contributed by atoms with Crippen LogP contribution < -0.4 is 4.57 Å². The predicted octanol–water partition coefficient (Wildman–Crippen LogP) is 1.57. The van der Waals surface area contributed by atoms with Crippen molar-refractivity contribution in [2.45, 2.75) is 26.3 Å². The van der Waals surface area contributed by atoms with Gasteiger partial charge in [-0.2, -0.15) is 4.57 Å². The Morgan fingerprint density at radius 2 is 1.83 bits per heavy atom. The molecular weight excluding hydrogens is 224 g/mol. The fraction of sp³-hybridized carbons (Fsp3) is 0.667. The largest absolute Gasteiger partial charge is 0.370 e. The minimum absolute atomic E-state index is 0.614. The summed E-state index contributed by atoms with van der Waals surface area (Å²) >= 11 is 0. The Bertz CT molecular complexity index is 367. The molecule has 0 unspecified atom stereocenters. The lowest BCUT2D eigenvalue weighted by Gasteiger charge is -2.36. The SMILES string of the molecule is CC(C)c1cc[n+](CC[N+]2(C)CCOCC2)cc1. The maximum Gasteiger partial charge on any atom is 0.196 e. The molecule has 2 heterocycles. The summed E-state index contributed by atoms with van der Waals surface area (Å²) in [5.74, 6) is 0.614. The summed E-state index contributed by atoms with van der Waals surface area (Å²) in [5.41, 5.74) is 1.41. The van der Waals surface area contributed by atoms with Crippen molar-refractivity contribution in [3.63, 3.8) is 0 Å². The summed E-state index contributed by atoms with van der Waals surface area (Å²) in [4.78, 5) is 0. The number of quaternary nitrogens is 1. The van der Waals surface area contributed by atoms with Crippen LogP contribution in [0.4, 0.5) is 0 Å². The highest BCUT2D eigenvalue weighted by Gasteiger charge is 2.26. The number of rotatable bonds is 4. The van der Waals surface area contributed by atoms with E-state index in [4.69, 9.17) is 4.74 Å². The molecular formula is C15H26N2O+2. The van der Waals surface area contributed by atoms with E-state index in [1.54, 1.807) is 0 Å². The van der Waals surface area contributed by atoms with Gasteiger partial charge in [-0.25, -0.2) is 0 Å². The van der Waals surface area contributed by atoms with Gasteiger partial charge in [0.05, 0.1) is 20.3 Å². The second-order valence-corrected chi connectivity index (χ2v) is 5.93. The van der Waals surface area contributed by atoms with Gasteiger partial charge in [0.1, 0.15) is 19.6 Å². The number of pyridine rings is 1. The van der Waals surface area contributed by atoms with Crippen molar-refractivity contribution in [3.05, 3.63) is 30.1 Å². The van der Waals surface area contributed by atoms with E-state index < -0.39 is 0 Å². The van der Waals surface area contributed by atoms with E-state index in [9.17, 15) is 0 Å².